The Morgan fingerprint density at radius 3 is 2.52 bits per heavy atom. The number of aromatic nitrogens is 2. The molecule has 3 N–H and O–H groups in total. The zero-order valence-electron chi connectivity index (χ0n) is 18.8. The molecule has 1 aromatic heterocycles. The number of allylic oxidation sites excluding steroid dienone is 2. The highest BCUT2D eigenvalue weighted by Crippen LogP contribution is 2.46. The predicted molar refractivity (Wildman–Crippen MR) is 126 cm³/mol. The van der Waals surface area contributed by atoms with Crippen LogP contribution in [0.15, 0.2) is 66.0 Å². The van der Waals surface area contributed by atoms with E-state index in [9.17, 15) is 14.7 Å². The predicted octanol–water partition coefficient (Wildman–Crippen LogP) is 4.81. The van der Waals surface area contributed by atoms with Gasteiger partial charge in [-0.1, -0.05) is 43.7 Å². The lowest BCUT2D eigenvalue weighted by Crippen LogP contribution is -2.36. The van der Waals surface area contributed by atoms with Crippen molar-refractivity contribution < 1.29 is 14.7 Å². The van der Waals surface area contributed by atoms with Crippen molar-refractivity contribution in [2.75, 3.05) is 10.6 Å². The maximum Gasteiger partial charge on any atom is 0.261 e. The third-order valence-corrected chi connectivity index (χ3v) is 6.27. The number of phenolic OH excluding ortho intramolecular Hbond substituents is 1. The summed E-state index contributed by atoms with van der Waals surface area (Å²) < 4.78 is 1.70. The number of carbonyl (C=O) groups excluding carboxylic acids is 2. The standard InChI is InChI=1S/C26H26N4O3/c1-15-4-8-17(9-5-15)28-25(33)19-14-27-30-23(16-6-10-18(31)11-7-16)22-20(29-24(19)30)12-26(2,3)13-21(22)32/h4-11,14,23,29,31H,12-13H2,1-3H3,(H,28,33)/t23-/m1/s1. The van der Waals surface area contributed by atoms with E-state index in [-0.39, 0.29) is 22.9 Å². The molecule has 7 nitrogen and oxygen atoms in total. The van der Waals surface area contributed by atoms with Crippen LogP contribution < -0.4 is 10.6 Å². The fraction of sp³-hybridized carbons (Fsp3) is 0.269. The Bertz CT molecular complexity index is 1280. The lowest BCUT2D eigenvalue weighted by molar-refractivity contribution is -0.118. The SMILES string of the molecule is Cc1ccc(NC(=O)c2cnn3c2NC2=C(C(=O)CC(C)(C)C2)[C@H]3c2ccc(O)cc2)cc1. The van der Waals surface area contributed by atoms with Crippen LogP contribution in [0.5, 0.6) is 5.75 Å². The zero-order chi connectivity index (χ0) is 23.3. The van der Waals surface area contributed by atoms with E-state index < -0.39 is 6.04 Å². The van der Waals surface area contributed by atoms with Gasteiger partial charge in [0.05, 0.1) is 6.20 Å². The Labute approximate surface area is 192 Å². The number of nitrogens with one attached hydrogen (secondary N) is 2. The van der Waals surface area contributed by atoms with Gasteiger partial charge in [-0.3, -0.25) is 9.59 Å². The van der Waals surface area contributed by atoms with Crippen LogP contribution in [0.3, 0.4) is 0 Å². The third kappa shape index (κ3) is 3.80. The zero-order valence-corrected chi connectivity index (χ0v) is 18.8. The third-order valence-electron chi connectivity index (χ3n) is 6.27. The molecule has 3 aromatic rings. The van der Waals surface area contributed by atoms with E-state index in [4.69, 9.17) is 0 Å². The molecule has 0 saturated carbocycles. The van der Waals surface area contributed by atoms with Crippen molar-refractivity contribution in [3.8, 4) is 5.75 Å². The van der Waals surface area contributed by atoms with Crippen LogP contribution >= 0.6 is 0 Å². The highest BCUT2D eigenvalue weighted by Gasteiger charge is 2.42. The monoisotopic (exact) mass is 442 g/mol. The van der Waals surface area contributed by atoms with E-state index in [0.29, 0.717) is 35.5 Å². The fourth-order valence-electron chi connectivity index (χ4n) is 4.68. The number of hydrogen-bond donors (Lipinski definition) is 3. The molecule has 1 atom stereocenters. The number of carbonyl (C=O) groups is 2. The van der Waals surface area contributed by atoms with Gasteiger partial charge in [-0.05, 0) is 48.6 Å². The van der Waals surface area contributed by atoms with Gasteiger partial charge in [0.1, 0.15) is 23.2 Å². The first-order valence-corrected chi connectivity index (χ1v) is 11.0. The van der Waals surface area contributed by atoms with Crippen LogP contribution in [-0.2, 0) is 4.79 Å². The Morgan fingerprint density at radius 2 is 1.82 bits per heavy atom. The molecule has 1 aliphatic heterocycles. The van der Waals surface area contributed by atoms with Crippen LogP contribution in [0, 0.1) is 12.3 Å². The maximum atomic E-state index is 13.2. The van der Waals surface area contributed by atoms with Gasteiger partial charge in [-0.2, -0.15) is 5.10 Å². The molecule has 5 rings (SSSR count). The summed E-state index contributed by atoms with van der Waals surface area (Å²) in [6.07, 6.45) is 2.67. The lowest BCUT2D eigenvalue weighted by Gasteiger charge is -2.39. The lowest BCUT2D eigenvalue weighted by atomic mass is 9.73. The Hall–Kier alpha value is -3.87. The topological polar surface area (TPSA) is 96.3 Å². The summed E-state index contributed by atoms with van der Waals surface area (Å²) >= 11 is 0. The second-order valence-electron chi connectivity index (χ2n) is 9.62. The van der Waals surface area contributed by atoms with Gasteiger partial charge in [0, 0.05) is 23.4 Å². The van der Waals surface area contributed by atoms with Crippen molar-refractivity contribution >= 4 is 23.2 Å². The van der Waals surface area contributed by atoms with Crippen molar-refractivity contribution in [1.29, 1.82) is 0 Å². The van der Waals surface area contributed by atoms with Crippen molar-refractivity contribution in [1.82, 2.24) is 9.78 Å². The van der Waals surface area contributed by atoms with Crippen LogP contribution in [0.4, 0.5) is 11.5 Å². The van der Waals surface area contributed by atoms with E-state index in [1.54, 1.807) is 28.9 Å². The van der Waals surface area contributed by atoms with Crippen LogP contribution in [-0.4, -0.2) is 26.6 Å². The number of Topliss-reactive ketones (excluding diaryl/α,β-unsaturated/α-hetero) is 1. The Kier molecular flexibility index (Phi) is 4.85. The van der Waals surface area contributed by atoms with Crippen LogP contribution in [0.1, 0.15) is 54.2 Å². The molecule has 0 radical (unpaired) electrons. The van der Waals surface area contributed by atoms with Gasteiger partial charge in [0.25, 0.3) is 5.91 Å². The minimum absolute atomic E-state index is 0.0682. The first-order valence-electron chi connectivity index (χ1n) is 11.0. The molecule has 33 heavy (non-hydrogen) atoms. The molecule has 0 fully saturated rings. The number of aromatic hydroxyl groups is 1. The summed E-state index contributed by atoms with van der Waals surface area (Å²) in [5, 5.41) is 20.6. The van der Waals surface area contributed by atoms with Gasteiger partial charge in [0.2, 0.25) is 0 Å². The first-order chi connectivity index (χ1) is 15.7. The highest BCUT2D eigenvalue weighted by atomic mass is 16.3. The minimum atomic E-state index is -0.471. The number of nitrogens with zero attached hydrogens (tertiary/aromatic N) is 2. The number of ketones is 1. The number of phenols is 1. The van der Waals surface area contributed by atoms with Crippen molar-refractivity contribution in [2.45, 2.75) is 39.7 Å². The molecule has 2 heterocycles. The minimum Gasteiger partial charge on any atom is -0.508 e. The second kappa shape index (κ2) is 7.62. The van der Waals surface area contributed by atoms with Gasteiger partial charge in [-0.15, -0.1) is 0 Å². The second-order valence-corrected chi connectivity index (χ2v) is 9.62. The van der Waals surface area contributed by atoms with Gasteiger partial charge >= 0.3 is 0 Å². The normalized spacial score (nSPS) is 18.9. The largest absolute Gasteiger partial charge is 0.508 e. The summed E-state index contributed by atoms with van der Waals surface area (Å²) in [4.78, 5) is 26.4. The molecule has 2 aromatic carbocycles. The summed E-state index contributed by atoms with van der Waals surface area (Å²) in [5.41, 5.74) is 4.34. The molecule has 7 heteroatoms. The smallest absolute Gasteiger partial charge is 0.261 e. The first kappa shape index (κ1) is 21.0. The number of aryl methyl sites for hydroxylation is 1. The molecule has 1 aliphatic carbocycles. The van der Waals surface area contributed by atoms with Crippen LogP contribution in [0.2, 0.25) is 0 Å². The van der Waals surface area contributed by atoms with E-state index in [1.165, 1.54) is 6.20 Å². The molecular formula is C26H26N4O3. The molecule has 2 aliphatic rings. The number of amides is 1. The average Bonchev–Trinajstić information content (AvgIpc) is 3.17. The van der Waals surface area contributed by atoms with E-state index >= 15 is 0 Å². The van der Waals surface area contributed by atoms with Crippen molar-refractivity contribution in [3.63, 3.8) is 0 Å². The van der Waals surface area contributed by atoms with Gasteiger partial charge < -0.3 is 15.7 Å². The highest BCUT2D eigenvalue weighted by molar-refractivity contribution is 6.08. The van der Waals surface area contributed by atoms with Crippen molar-refractivity contribution in [2.24, 2.45) is 5.41 Å². The summed E-state index contributed by atoms with van der Waals surface area (Å²) in [7, 11) is 0. The summed E-state index contributed by atoms with van der Waals surface area (Å²) in [5.74, 6) is 0.500. The number of anilines is 2. The van der Waals surface area contributed by atoms with Crippen molar-refractivity contribution in [3.05, 3.63) is 82.7 Å². The summed E-state index contributed by atoms with van der Waals surface area (Å²) in [6, 6.07) is 13.9. The van der Waals surface area contributed by atoms with E-state index in [2.05, 4.69) is 29.6 Å². The number of hydrogen-bond acceptors (Lipinski definition) is 5. The average molecular weight is 443 g/mol. The van der Waals surface area contributed by atoms with Gasteiger partial charge in [-0.25, -0.2) is 4.68 Å². The number of benzene rings is 2. The molecular weight excluding hydrogens is 416 g/mol. The van der Waals surface area contributed by atoms with Gasteiger partial charge in [0.15, 0.2) is 5.78 Å². The Morgan fingerprint density at radius 1 is 1.12 bits per heavy atom. The fourth-order valence-corrected chi connectivity index (χ4v) is 4.68. The van der Waals surface area contributed by atoms with E-state index in [0.717, 1.165) is 16.8 Å². The maximum absolute atomic E-state index is 13.2. The molecule has 0 bridgehead atoms. The molecule has 0 saturated heterocycles. The number of rotatable bonds is 3. The Balaban J connectivity index is 1.58. The molecule has 1 amide bonds. The molecule has 0 unspecified atom stereocenters. The summed E-state index contributed by atoms with van der Waals surface area (Å²) in [6.45, 7) is 6.14. The molecule has 0 spiro atoms. The van der Waals surface area contributed by atoms with E-state index in [1.807, 2.05) is 31.2 Å². The quantitative estimate of drug-likeness (QED) is 0.541. The molecule has 168 valence electrons. The number of fused-ring (bicyclic) bond motifs is 1. The van der Waals surface area contributed by atoms with Crippen LogP contribution in [0.25, 0.3) is 0 Å².